The van der Waals surface area contributed by atoms with Crippen molar-refractivity contribution in [3.8, 4) is 0 Å². The van der Waals surface area contributed by atoms with Gasteiger partial charge in [0, 0.05) is 49.7 Å². The van der Waals surface area contributed by atoms with Crippen LogP contribution in [0.3, 0.4) is 0 Å². The highest BCUT2D eigenvalue weighted by atomic mass is 16.5. The highest BCUT2D eigenvalue weighted by Crippen LogP contribution is 2.24. The maximum absolute atomic E-state index is 12.9. The molecule has 4 rings (SSSR count). The average molecular weight is 435 g/mol. The van der Waals surface area contributed by atoms with Crippen molar-refractivity contribution in [3.63, 3.8) is 0 Å². The Hall–Kier alpha value is -3.12. The standard InChI is InChI=1S/C26H30N2O4/c1-18-8-9-21-19(2)22(26(30)32-24(21)16-18)10-11-25(29)27(3)17-20-6-4-5-7-23(20)28-12-14-31-15-13-28/h4-9,16H,10-15,17H2,1-3H3. The molecule has 0 atom stereocenters. The molecular formula is C26H30N2O4. The van der Waals surface area contributed by atoms with Gasteiger partial charge < -0.3 is 19.0 Å². The molecule has 2 aromatic carbocycles. The first-order valence-electron chi connectivity index (χ1n) is 11.1. The van der Waals surface area contributed by atoms with E-state index >= 15 is 0 Å². The van der Waals surface area contributed by atoms with Crippen LogP contribution in [0.25, 0.3) is 11.0 Å². The summed E-state index contributed by atoms with van der Waals surface area (Å²) in [6.07, 6.45) is 0.630. The van der Waals surface area contributed by atoms with E-state index in [0.29, 0.717) is 24.1 Å². The Balaban J connectivity index is 1.45. The fraction of sp³-hybridized carbons (Fsp3) is 0.385. The van der Waals surface area contributed by atoms with Crippen molar-refractivity contribution in [2.75, 3.05) is 38.3 Å². The number of para-hydroxylation sites is 1. The number of ether oxygens (including phenoxy) is 1. The Labute approximate surface area is 188 Å². The predicted octanol–water partition coefficient (Wildman–Crippen LogP) is 3.84. The molecule has 0 spiro atoms. The Bertz CT molecular complexity index is 1180. The summed E-state index contributed by atoms with van der Waals surface area (Å²) in [5, 5.41) is 0.922. The first-order valence-corrected chi connectivity index (χ1v) is 11.1. The van der Waals surface area contributed by atoms with Crippen LogP contribution in [0, 0.1) is 13.8 Å². The average Bonchev–Trinajstić information content (AvgIpc) is 2.79. The zero-order valence-electron chi connectivity index (χ0n) is 19.0. The van der Waals surface area contributed by atoms with Crippen LogP contribution in [0.1, 0.15) is 28.7 Å². The number of anilines is 1. The monoisotopic (exact) mass is 434 g/mol. The summed E-state index contributed by atoms with van der Waals surface area (Å²) in [6.45, 7) is 7.56. The molecule has 6 nitrogen and oxygen atoms in total. The van der Waals surface area contributed by atoms with Gasteiger partial charge in [-0.25, -0.2) is 4.79 Å². The second kappa shape index (κ2) is 9.57. The van der Waals surface area contributed by atoms with Crippen LogP contribution in [0.5, 0.6) is 0 Å². The number of morpholine rings is 1. The van der Waals surface area contributed by atoms with Crippen LogP contribution in [0.2, 0.25) is 0 Å². The molecule has 0 N–H and O–H groups in total. The number of nitrogens with zero attached hydrogens (tertiary/aromatic N) is 2. The van der Waals surface area contributed by atoms with Gasteiger partial charge in [-0.05, 0) is 49.1 Å². The number of hydrogen-bond donors (Lipinski definition) is 0. The molecule has 1 fully saturated rings. The number of benzene rings is 2. The number of amides is 1. The quantitative estimate of drug-likeness (QED) is 0.552. The third-order valence-electron chi connectivity index (χ3n) is 6.21. The van der Waals surface area contributed by atoms with Crippen LogP contribution >= 0.6 is 0 Å². The summed E-state index contributed by atoms with van der Waals surface area (Å²) in [6, 6.07) is 14.1. The number of carbonyl (C=O) groups excluding carboxylic acids is 1. The van der Waals surface area contributed by atoms with Gasteiger partial charge in [-0.1, -0.05) is 30.3 Å². The van der Waals surface area contributed by atoms with E-state index in [1.807, 2.05) is 51.2 Å². The minimum absolute atomic E-state index is 0.00424. The lowest BCUT2D eigenvalue weighted by molar-refractivity contribution is -0.130. The second-order valence-corrected chi connectivity index (χ2v) is 8.47. The maximum atomic E-state index is 12.9. The molecule has 0 aliphatic carbocycles. The third-order valence-corrected chi connectivity index (χ3v) is 6.21. The Morgan fingerprint density at radius 2 is 1.84 bits per heavy atom. The Morgan fingerprint density at radius 3 is 2.62 bits per heavy atom. The van der Waals surface area contributed by atoms with Gasteiger partial charge in [0.1, 0.15) is 5.58 Å². The molecule has 6 heteroatoms. The lowest BCUT2D eigenvalue weighted by atomic mass is 10.0. The van der Waals surface area contributed by atoms with Gasteiger partial charge in [-0.3, -0.25) is 4.79 Å². The van der Waals surface area contributed by atoms with Crippen molar-refractivity contribution in [2.45, 2.75) is 33.2 Å². The first kappa shape index (κ1) is 22.1. The third kappa shape index (κ3) is 4.70. The Morgan fingerprint density at radius 1 is 1.09 bits per heavy atom. The van der Waals surface area contributed by atoms with Gasteiger partial charge in [-0.2, -0.15) is 0 Å². The summed E-state index contributed by atoms with van der Waals surface area (Å²) < 4.78 is 11.0. The van der Waals surface area contributed by atoms with Crippen molar-refractivity contribution >= 4 is 22.6 Å². The first-order chi connectivity index (χ1) is 15.4. The fourth-order valence-electron chi connectivity index (χ4n) is 4.31. The van der Waals surface area contributed by atoms with Crippen LogP contribution in [0.4, 0.5) is 5.69 Å². The summed E-state index contributed by atoms with van der Waals surface area (Å²) >= 11 is 0. The van der Waals surface area contributed by atoms with Gasteiger partial charge in [0.15, 0.2) is 0 Å². The minimum Gasteiger partial charge on any atom is -0.423 e. The molecule has 1 amide bonds. The van der Waals surface area contributed by atoms with Crippen LogP contribution in [0.15, 0.2) is 51.7 Å². The number of aryl methyl sites for hydroxylation is 2. The van der Waals surface area contributed by atoms with Crippen molar-refractivity contribution in [2.24, 2.45) is 0 Å². The summed E-state index contributed by atoms with van der Waals surface area (Å²) in [5.41, 5.74) is 5.02. The second-order valence-electron chi connectivity index (χ2n) is 8.47. The molecule has 1 saturated heterocycles. The van der Waals surface area contributed by atoms with E-state index in [1.165, 1.54) is 0 Å². The molecule has 0 bridgehead atoms. The van der Waals surface area contributed by atoms with Crippen molar-refractivity contribution in [3.05, 3.63) is 75.1 Å². The van der Waals surface area contributed by atoms with Crippen LogP contribution < -0.4 is 10.5 Å². The van der Waals surface area contributed by atoms with E-state index in [0.717, 1.165) is 54.1 Å². The molecule has 0 saturated carbocycles. The van der Waals surface area contributed by atoms with E-state index in [-0.39, 0.29) is 18.0 Å². The number of carbonyl (C=O) groups is 1. The SMILES string of the molecule is Cc1ccc2c(C)c(CCC(=O)N(C)Cc3ccccc3N3CCOCC3)c(=O)oc2c1. The predicted molar refractivity (Wildman–Crippen MR) is 126 cm³/mol. The Kier molecular flexibility index (Phi) is 6.61. The van der Waals surface area contributed by atoms with E-state index < -0.39 is 0 Å². The highest BCUT2D eigenvalue weighted by molar-refractivity contribution is 5.82. The zero-order valence-corrected chi connectivity index (χ0v) is 19.0. The molecular weight excluding hydrogens is 404 g/mol. The fourth-order valence-corrected chi connectivity index (χ4v) is 4.31. The summed E-state index contributed by atoms with van der Waals surface area (Å²) in [5.74, 6) is 0.00424. The van der Waals surface area contributed by atoms with Gasteiger partial charge in [0.05, 0.1) is 13.2 Å². The molecule has 0 radical (unpaired) electrons. The van der Waals surface area contributed by atoms with E-state index in [1.54, 1.807) is 4.90 Å². The largest absolute Gasteiger partial charge is 0.423 e. The smallest absolute Gasteiger partial charge is 0.339 e. The zero-order chi connectivity index (χ0) is 22.7. The van der Waals surface area contributed by atoms with Gasteiger partial charge in [-0.15, -0.1) is 0 Å². The number of fused-ring (bicyclic) bond motifs is 1. The van der Waals surface area contributed by atoms with Crippen molar-refractivity contribution in [1.29, 1.82) is 0 Å². The topological polar surface area (TPSA) is 63.0 Å². The van der Waals surface area contributed by atoms with Gasteiger partial charge >= 0.3 is 5.63 Å². The highest BCUT2D eigenvalue weighted by Gasteiger charge is 2.18. The molecule has 32 heavy (non-hydrogen) atoms. The summed E-state index contributed by atoms with van der Waals surface area (Å²) in [7, 11) is 1.82. The van der Waals surface area contributed by atoms with E-state index in [4.69, 9.17) is 9.15 Å². The molecule has 1 aromatic heterocycles. The lowest BCUT2D eigenvalue weighted by Crippen LogP contribution is -2.37. The van der Waals surface area contributed by atoms with E-state index in [2.05, 4.69) is 17.0 Å². The molecule has 168 valence electrons. The van der Waals surface area contributed by atoms with Gasteiger partial charge in [0.2, 0.25) is 5.91 Å². The van der Waals surface area contributed by atoms with E-state index in [9.17, 15) is 9.59 Å². The van der Waals surface area contributed by atoms with Crippen LogP contribution in [-0.4, -0.2) is 44.2 Å². The van der Waals surface area contributed by atoms with Crippen LogP contribution in [-0.2, 0) is 22.5 Å². The molecule has 0 unspecified atom stereocenters. The molecule has 3 aromatic rings. The normalized spacial score (nSPS) is 14.0. The lowest BCUT2D eigenvalue weighted by Gasteiger charge is -2.31. The minimum atomic E-state index is -0.353. The van der Waals surface area contributed by atoms with Crippen molar-refractivity contribution in [1.82, 2.24) is 4.90 Å². The molecule has 1 aliphatic heterocycles. The maximum Gasteiger partial charge on any atom is 0.339 e. The number of rotatable bonds is 6. The van der Waals surface area contributed by atoms with Crippen molar-refractivity contribution < 1.29 is 13.9 Å². The number of hydrogen-bond acceptors (Lipinski definition) is 5. The summed E-state index contributed by atoms with van der Waals surface area (Å²) in [4.78, 5) is 29.5. The van der Waals surface area contributed by atoms with Gasteiger partial charge in [0.25, 0.3) is 0 Å². The molecule has 2 heterocycles. The molecule has 1 aliphatic rings.